The van der Waals surface area contributed by atoms with Crippen LogP contribution in [0.2, 0.25) is 0 Å². The summed E-state index contributed by atoms with van der Waals surface area (Å²) in [7, 11) is 0. The summed E-state index contributed by atoms with van der Waals surface area (Å²) in [6.07, 6.45) is 4.86. The van der Waals surface area contributed by atoms with E-state index < -0.39 is 5.97 Å². The van der Waals surface area contributed by atoms with Gasteiger partial charge >= 0.3 is 5.97 Å². The van der Waals surface area contributed by atoms with Gasteiger partial charge in [0.2, 0.25) is 0 Å². The maximum atomic E-state index is 10.9. The zero-order chi connectivity index (χ0) is 12.4. The van der Waals surface area contributed by atoms with E-state index in [1.165, 1.54) is 24.2 Å². The van der Waals surface area contributed by atoms with Gasteiger partial charge in [-0.05, 0) is 25.7 Å². The van der Waals surface area contributed by atoms with Gasteiger partial charge in [-0.2, -0.15) is 0 Å². The number of nitrogens with zero attached hydrogens (tertiary/aromatic N) is 1. The summed E-state index contributed by atoms with van der Waals surface area (Å²) in [5, 5.41) is 13.1. The van der Waals surface area contributed by atoms with Crippen LogP contribution in [0.25, 0.3) is 0 Å². The standard InChI is InChI=1S/C12H18N2O2S/c1-7-4-3-5-9(6-7)13-12-14-10(11(15)16)8(2)17-12/h7,9H,3-6H2,1-2H3,(H,13,14)(H,15,16). The lowest BCUT2D eigenvalue weighted by Crippen LogP contribution is -2.26. The van der Waals surface area contributed by atoms with Crippen LogP contribution >= 0.6 is 11.3 Å². The van der Waals surface area contributed by atoms with E-state index in [0.717, 1.165) is 28.8 Å². The summed E-state index contributed by atoms with van der Waals surface area (Å²) in [5.74, 6) is -0.190. The van der Waals surface area contributed by atoms with Crippen molar-refractivity contribution in [3.8, 4) is 0 Å². The minimum absolute atomic E-state index is 0.182. The molecule has 0 saturated heterocycles. The van der Waals surface area contributed by atoms with Gasteiger partial charge in [0.05, 0.1) is 0 Å². The molecule has 0 spiro atoms. The topological polar surface area (TPSA) is 62.2 Å². The number of nitrogens with one attached hydrogen (secondary N) is 1. The highest BCUT2D eigenvalue weighted by Gasteiger charge is 2.21. The normalized spacial score (nSPS) is 24.6. The second-order valence-corrected chi connectivity index (χ2v) is 6.05. The monoisotopic (exact) mass is 254 g/mol. The maximum Gasteiger partial charge on any atom is 0.355 e. The summed E-state index contributed by atoms with van der Waals surface area (Å²) < 4.78 is 0. The van der Waals surface area contributed by atoms with Crippen molar-refractivity contribution in [1.29, 1.82) is 0 Å². The molecule has 5 heteroatoms. The van der Waals surface area contributed by atoms with E-state index in [2.05, 4.69) is 17.2 Å². The van der Waals surface area contributed by atoms with Gasteiger partial charge in [-0.3, -0.25) is 0 Å². The van der Waals surface area contributed by atoms with Crippen LogP contribution in [0.4, 0.5) is 5.13 Å². The van der Waals surface area contributed by atoms with Crippen molar-refractivity contribution < 1.29 is 9.90 Å². The van der Waals surface area contributed by atoms with Gasteiger partial charge < -0.3 is 10.4 Å². The number of carboxylic acids is 1. The summed E-state index contributed by atoms with van der Waals surface area (Å²) in [6, 6.07) is 0.450. The molecular formula is C12H18N2O2S. The van der Waals surface area contributed by atoms with E-state index in [1.807, 2.05) is 0 Å². The quantitative estimate of drug-likeness (QED) is 0.870. The summed E-state index contributed by atoms with van der Waals surface area (Å²) >= 11 is 1.43. The number of hydrogen-bond donors (Lipinski definition) is 2. The molecule has 1 aromatic heterocycles. The van der Waals surface area contributed by atoms with Crippen LogP contribution in [0.3, 0.4) is 0 Å². The maximum absolute atomic E-state index is 10.9. The van der Waals surface area contributed by atoms with Crippen LogP contribution in [0.15, 0.2) is 0 Å². The first kappa shape index (κ1) is 12.4. The fraction of sp³-hybridized carbons (Fsp3) is 0.667. The smallest absolute Gasteiger partial charge is 0.355 e. The van der Waals surface area contributed by atoms with Gasteiger partial charge in [0.15, 0.2) is 10.8 Å². The van der Waals surface area contributed by atoms with Crippen LogP contribution in [0, 0.1) is 12.8 Å². The Hall–Kier alpha value is -1.10. The van der Waals surface area contributed by atoms with Crippen molar-refractivity contribution in [2.75, 3.05) is 5.32 Å². The predicted molar refractivity (Wildman–Crippen MR) is 68.9 cm³/mol. The van der Waals surface area contributed by atoms with Crippen molar-refractivity contribution in [2.24, 2.45) is 5.92 Å². The van der Waals surface area contributed by atoms with E-state index >= 15 is 0 Å². The minimum atomic E-state index is -0.941. The van der Waals surface area contributed by atoms with Gasteiger partial charge in [0, 0.05) is 10.9 Å². The van der Waals surface area contributed by atoms with Crippen molar-refractivity contribution in [2.45, 2.75) is 45.6 Å². The molecule has 1 aliphatic rings. The molecule has 2 N–H and O–H groups in total. The number of carboxylic acid groups (broad SMARTS) is 1. The molecule has 1 fully saturated rings. The Balaban J connectivity index is 2.03. The fourth-order valence-corrected chi connectivity index (χ4v) is 3.28. The molecular weight excluding hydrogens is 236 g/mol. The number of thiazole rings is 1. The zero-order valence-electron chi connectivity index (χ0n) is 10.2. The number of aryl methyl sites for hydroxylation is 1. The second kappa shape index (κ2) is 5.04. The third kappa shape index (κ3) is 2.97. The Morgan fingerprint density at radius 1 is 1.53 bits per heavy atom. The number of carbonyl (C=O) groups is 1. The molecule has 4 nitrogen and oxygen atoms in total. The van der Waals surface area contributed by atoms with Crippen LogP contribution < -0.4 is 5.32 Å². The molecule has 2 rings (SSSR count). The molecule has 0 aliphatic heterocycles. The van der Waals surface area contributed by atoms with E-state index in [-0.39, 0.29) is 5.69 Å². The van der Waals surface area contributed by atoms with Crippen molar-refractivity contribution in [3.63, 3.8) is 0 Å². The fourth-order valence-electron chi connectivity index (χ4n) is 2.40. The van der Waals surface area contributed by atoms with E-state index in [0.29, 0.717) is 6.04 Å². The summed E-state index contributed by atoms with van der Waals surface area (Å²) in [6.45, 7) is 4.07. The van der Waals surface area contributed by atoms with Crippen LogP contribution in [-0.2, 0) is 0 Å². The highest BCUT2D eigenvalue weighted by Crippen LogP contribution is 2.28. The predicted octanol–water partition coefficient (Wildman–Crippen LogP) is 3.14. The Kier molecular flexibility index (Phi) is 3.66. The van der Waals surface area contributed by atoms with Crippen LogP contribution in [0.1, 0.15) is 48.0 Å². The first-order valence-electron chi connectivity index (χ1n) is 6.03. The first-order valence-corrected chi connectivity index (χ1v) is 6.85. The second-order valence-electron chi connectivity index (χ2n) is 4.84. The Morgan fingerprint density at radius 3 is 2.88 bits per heavy atom. The first-order chi connectivity index (χ1) is 8.06. The van der Waals surface area contributed by atoms with Gasteiger partial charge in [0.25, 0.3) is 0 Å². The summed E-state index contributed by atoms with van der Waals surface area (Å²) in [5.41, 5.74) is 0.182. The summed E-state index contributed by atoms with van der Waals surface area (Å²) in [4.78, 5) is 15.8. The number of aromatic carboxylic acids is 1. The SMILES string of the molecule is Cc1sc(NC2CCCC(C)C2)nc1C(=O)O. The number of aromatic nitrogens is 1. The molecule has 1 saturated carbocycles. The number of rotatable bonds is 3. The van der Waals surface area contributed by atoms with Gasteiger partial charge in [0.1, 0.15) is 0 Å². The number of hydrogen-bond acceptors (Lipinski definition) is 4. The minimum Gasteiger partial charge on any atom is -0.476 e. The molecule has 2 unspecified atom stereocenters. The lowest BCUT2D eigenvalue weighted by atomic mass is 9.87. The molecule has 0 bridgehead atoms. The van der Waals surface area contributed by atoms with Gasteiger partial charge in [-0.1, -0.05) is 19.8 Å². The molecule has 17 heavy (non-hydrogen) atoms. The highest BCUT2D eigenvalue weighted by atomic mass is 32.1. The van der Waals surface area contributed by atoms with Crippen LogP contribution in [0.5, 0.6) is 0 Å². The number of anilines is 1. The molecule has 2 atom stereocenters. The third-order valence-corrected chi connectivity index (χ3v) is 4.17. The Morgan fingerprint density at radius 2 is 2.29 bits per heavy atom. The lowest BCUT2D eigenvalue weighted by Gasteiger charge is -2.27. The van der Waals surface area contributed by atoms with Crippen molar-refractivity contribution >= 4 is 22.4 Å². The lowest BCUT2D eigenvalue weighted by molar-refractivity contribution is 0.0690. The van der Waals surface area contributed by atoms with E-state index in [9.17, 15) is 4.79 Å². The Bertz CT molecular complexity index is 417. The molecule has 1 heterocycles. The molecule has 1 aromatic rings. The van der Waals surface area contributed by atoms with E-state index in [4.69, 9.17) is 5.11 Å². The average Bonchev–Trinajstić information content (AvgIpc) is 2.59. The third-order valence-electron chi connectivity index (χ3n) is 3.26. The van der Waals surface area contributed by atoms with Gasteiger partial charge in [-0.15, -0.1) is 11.3 Å². The van der Waals surface area contributed by atoms with Crippen molar-refractivity contribution in [1.82, 2.24) is 4.98 Å². The zero-order valence-corrected chi connectivity index (χ0v) is 11.0. The van der Waals surface area contributed by atoms with Crippen LogP contribution in [-0.4, -0.2) is 22.1 Å². The molecule has 0 aromatic carbocycles. The Labute approximate surface area is 105 Å². The average molecular weight is 254 g/mol. The van der Waals surface area contributed by atoms with E-state index in [1.54, 1.807) is 6.92 Å². The molecule has 0 amide bonds. The molecule has 0 radical (unpaired) electrons. The largest absolute Gasteiger partial charge is 0.476 e. The van der Waals surface area contributed by atoms with Crippen molar-refractivity contribution in [3.05, 3.63) is 10.6 Å². The van der Waals surface area contributed by atoms with Gasteiger partial charge in [-0.25, -0.2) is 9.78 Å². The molecule has 94 valence electrons. The molecule has 1 aliphatic carbocycles. The highest BCUT2D eigenvalue weighted by molar-refractivity contribution is 7.15.